The first kappa shape index (κ1) is 21.5. The van der Waals surface area contributed by atoms with Crippen molar-refractivity contribution in [2.24, 2.45) is 0 Å². The van der Waals surface area contributed by atoms with Gasteiger partial charge in [-0.25, -0.2) is 4.39 Å². The maximum Gasteiger partial charge on any atom is 0.132 e. The summed E-state index contributed by atoms with van der Waals surface area (Å²) in [6.45, 7) is 1.74. The van der Waals surface area contributed by atoms with Gasteiger partial charge < -0.3 is 19.6 Å². The number of aromatic amines is 1. The Bertz CT molecular complexity index is 1250. The molecule has 0 saturated carbocycles. The Kier molecular flexibility index (Phi) is 6.03. The van der Waals surface area contributed by atoms with Crippen LogP contribution in [0.15, 0.2) is 66.7 Å². The van der Waals surface area contributed by atoms with Gasteiger partial charge in [0.15, 0.2) is 0 Å². The van der Waals surface area contributed by atoms with Gasteiger partial charge in [0.1, 0.15) is 23.9 Å². The Morgan fingerprint density at radius 3 is 2.61 bits per heavy atom. The zero-order chi connectivity index (χ0) is 22.8. The van der Waals surface area contributed by atoms with Gasteiger partial charge in [-0.2, -0.15) is 0 Å². The third-order valence-corrected chi connectivity index (χ3v) is 6.31. The highest BCUT2D eigenvalue weighted by molar-refractivity contribution is 5.85. The number of aliphatic hydroxyl groups excluding tert-OH is 1. The molecule has 6 heteroatoms. The fraction of sp³-hybridized carbons (Fsp3) is 0.259. The van der Waals surface area contributed by atoms with Crippen LogP contribution >= 0.6 is 0 Å². The van der Waals surface area contributed by atoms with Crippen molar-refractivity contribution in [2.75, 3.05) is 26.9 Å². The number of nitrogens with one attached hydrogen (secondary N) is 1. The van der Waals surface area contributed by atoms with Gasteiger partial charge in [-0.3, -0.25) is 4.90 Å². The number of aliphatic hydroxyl groups is 1. The molecular formula is C27H27FN2O3. The predicted molar refractivity (Wildman–Crippen MR) is 126 cm³/mol. The van der Waals surface area contributed by atoms with Crippen molar-refractivity contribution in [3.8, 4) is 11.5 Å². The average Bonchev–Trinajstić information content (AvgIpc) is 3.22. The van der Waals surface area contributed by atoms with Crippen molar-refractivity contribution >= 4 is 10.9 Å². The van der Waals surface area contributed by atoms with Crippen molar-refractivity contribution < 1.29 is 19.0 Å². The van der Waals surface area contributed by atoms with Crippen LogP contribution in [0.5, 0.6) is 11.5 Å². The molecule has 0 aliphatic carbocycles. The molecule has 1 atom stereocenters. The van der Waals surface area contributed by atoms with Gasteiger partial charge in [0.25, 0.3) is 0 Å². The lowest BCUT2D eigenvalue weighted by molar-refractivity contribution is 0.197. The Balaban J connectivity index is 1.53. The summed E-state index contributed by atoms with van der Waals surface area (Å²) in [6, 6.07) is 21.0. The number of hydrogen-bond donors (Lipinski definition) is 2. The molecule has 1 aliphatic rings. The average molecular weight is 447 g/mol. The van der Waals surface area contributed by atoms with E-state index >= 15 is 4.39 Å². The monoisotopic (exact) mass is 446 g/mol. The second-order valence-corrected chi connectivity index (χ2v) is 8.29. The number of nitrogens with zero attached hydrogens (tertiary/aromatic N) is 1. The zero-order valence-corrected chi connectivity index (χ0v) is 18.6. The number of para-hydroxylation sites is 1. The van der Waals surface area contributed by atoms with E-state index in [0.717, 1.165) is 35.5 Å². The van der Waals surface area contributed by atoms with Crippen LogP contribution in [0.2, 0.25) is 0 Å². The lowest BCUT2D eigenvalue weighted by Gasteiger charge is -2.36. The summed E-state index contributed by atoms with van der Waals surface area (Å²) in [5.74, 6) is 0.958. The van der Waals surface area contributed by atoms with Gasteiger partial charge in [-0.1, -0.05) is 36.4 Å². The van der Waals surface area contributed by atoms with E-state index in [9.17, 15) is 0 Å². The molecule has 0 saturated heterocycles. The van der Waals surface area contributed by atoms with Crippen molar-refractivity contribution in [1.29, 1.82) is 0 Å². The molecule has 0 unspecified atom stereocenters. The minimum atomic E-state index is -0.274. The Hall–Kier alpha value is -3.35. The molecule has 5 nitrogen and oxygen atoms in total. The largest absolute Gasteiger partial charge is 0.497 e. The summed E-state index contributed by atoms with van der Waals surface area (Å²) in [5.41, 5.74) is 5.13. The Labute approximate surface area is 192 Å². The minimum absolute atomic E-state index is 0.0164. The van der Waals surface area contributed by atoms with E-state index in [0.29, 0.717) is 17.9 Å². The SMILES string of the molecule is COc1ccc([C@@H]2c3[nH]c4ccccc4c3CCN2Cc2ccc(OCCO)cc2)c(F)c1. The number of H-pyrrole nitrogens is 1. The van der Waals surface area contributed by atoms with E-state index in [1.54, 1.807) is 7.11 Å². The van der Waals surface area contributed by atoms with Crippen molar-refractivity contribution in [1.82, 2.24) is 9.88 Å². The molecule has 33 heavy (non-hydrogen) atoms. The number of halogens is 1. The molecule has 2 N–H and O–H groups in total. The normalized spacial score (nSPS) is 16.0. The van der Waals surface area contributed by atoms with E-state index in [1.807, 2.05) is 48.5 Å². The number of ether oxygens (including phenoxy) is 2. The molecule has 0 spiro atoms. The molecule has 4 aromatic rings. The van der Waals surface area contributed by atoms with Crippen LogP contribution in [0.25, 0.3) is 10.9 Å². The first-order valence-corrected chi connectivity index (χ1v) is 11.2. The number of benzene rings is 3. The van der Waals surface area contributed by atoms with Crippen LogP contribution in [0.3, 0.4) is 0 Å². The standard InChI is InChI=1S/C27H27FN2O3/c1-32-20-10-11-23(24(28)16-20)27-26-22(21-4-2-3-5-25(21)29-26)12-13-30(27)17-18-6-8-19(9-7-18)33-15-14-31/h2-11,16,27,29,31H,12-15,17H2,1H3/t27-/m1/s1. The van der Waals surface area contributed by atoms with Crippen LogP contribution in [0, 0.1) is 5.82 Å². The van der Waals surface area contributed by atoms with Crippen LogP contribution < -0.4 is 9.47 Å². The highest BCUT2D eigenvalue weighted by Crippen LogP contribution is 2.40. The van der Waals surface area contributed by atoms with Crippen LogP contribution in [0.1, 0.15) is 28.4 Å². The van der Waals surface area contributed by atoms with Gasteiger partial charge in [0.2, 0.25) is 0 Å². The molecule has 0 fully saturated rings. The fourth-order valence-electron chi connectivity index (χ4n) is 4.76. The second kappa shape index (κ2) is 9.25. The van der Waals surface area contributed by atoms with Crippen LogP contribution in [-0.4, -0.2) is 41.9 Å². The molecule has 0 radical (unpaired) electrons. The second-order valence-electron chi connectivity index (χ2n) is 8.29. The van der Waals surface area contributed by atoms with Gasteiger partial charge in [-0.05, 0) is 41.8 Å². The zero-order valence-electron chi connectivity index (χ0n) is 18.6. The van der Waals surface area contributed by atoms with E-state index in [4.69, 9.17) is 14.6 Å². The Morgan fingerprint density at radius 1 is 1.06 bits per heavy atom. The molecule has 0 bridgehead atoms. The van der Waals surface area contributed by atoms with E-state index in [2.05, 4.69) is 22.0 Å². The van der Waals surface area contributed by atoms with Gasteiger partial charge in [0, 0.05) is 41.3 Å². The highest BCUT2D eigenvalue weighted by atomic mass is 19.1. The summed E-state index contributed by atoms with van der Waals surface area (Å²) in [6.07, 6.45) is 0.894. The quantitative estimate of drug-likeness (QED) is 0.427. The van der Waals surface area contributed by atoms with E-state index in [-0.39, 0.29) is 25.1 Å². The topological polar surface area (TPSA) is 57.7 Å². The molecule has 2 heterocycles. The van der Waals surface area contributed by atoms with Crippen molar-refractivity contribution in [3.05, 3.63) is 94.9 Å². The van der Waals surface area contributed by atoms with Crippen LogP contribution in [-0.2, 0) is 13.0 Å². The maximum absolute atomic E-state index is 15.3. The first-order chi connectivity index (χ1) is 16.2. The number of methoxy groups -OCH3 is 1. The summed E-state index contributed by atoms with van der Waals surface area (Å²) in [5, 5.41) is 10.2. The van der Waals surface area contributed by atoms with Gasteiger partial charge >= 0.3 is 0 Å². The molecule has 170 valence electrons. The summed E-state index contributed by atoms with van der Waals surface area (Å²) in [7, 11) is 1.55. The van der Waals surface area contributed by atoms with E-state index in [1.165, 1.54) is 17.0 Å². The minimum Gasteiger partial charge on any atom is -0.497 e. The Morgan fingerprint density at radius 2 is 1.85 bits per heavy atom. The summed E-state index contributed by atoms with van der Waals surface area (Å²) >= 11 is 0. The van der Waals surface area contributed by atoms with Crippen molar-refractivity contribution in [2.45, 2.75) is 19.0 Å². The third-order valence-electron chi connectivity index (χ3n) is 6.31. The number of rotatable bonds is 7. The third kappa shape index (κ3) is 4.19. The summed E-state index contributed by atoms with van der Waals surface area (Å²) in [4.78, 5) is 5.90. The molecule has 1 aromatic heterocycles. The molecule has 1 aliphatic heterocycles. The van der Waals surface area contributed by atoms with E-state index < -0.39 is 0 Å². The fourth-order valence-corrected chi connectivity index (χ4v) is 4.76. The molecule has 3 aromatic carbocycles. The summed E-state index contributed by atoms with van der Waals surface area (Å²) < 4.78 is 26.0. The first-order valence-electron chi connectivity index (χ1n) is 11.2. The van der Waals surface area contributed by atoms with Crippen LogP contribution in [0.4, 0.5) is 4.39 Å². The lowest BCUT2D eigenvalue weighted by atomic mass is 9.91. The smallest absolute Gasteiger partial charge is 0.132 e. The maximum atomic E-state index is 15.3. The molecule has 0 amide bonds. The van der Waals surface area contributed by atoms with Gasteiger partial charge in [-0.15, -0.1) is 0 Å². The predicted octanol–water partition coefficient (Wildman–Crippen LogP) is 4.83. The van der Waals surface area contributed by atoms with Crippen molar-refractivity contribution in [3.63, 3.8) is 0 Å². The number of hydrogen-bond acceptors (Lipinski definition) is 4. The molecular weight excluding hydrogens is 419 g/mol. The molecule has 5 rings (SSSR count). The number of fused-ring (bicyclic) bond motifs is 3. The highest BCUT2D eigenvalue weighted by Gasteiger charge is 2.33. The van der Waals surface area contributed by atoms with Gasteiger partial charge in [0.05, 0.1) is 19.8 Å². The lowest BCUT2D eigenvalue weighted by Crippen LogP contribution is -2.36. The number of aromatic nitrogens is 1.